The van der Waals surface area contributed by atoms with Crippen molar-refractivity contribution in [2.24, 2.45) is 17.6 Å². The molecule has 0 unspecified atom stereocenters. The van der Waals surface area contributed by atoms with Crippen LogP contribution in [0.25, 0.3) is 0 Å². The van der Waals surface area contributed by atoms with E-state index in [0.717, 1.165) is 4.48 Å². The first-order valence-electron chi connectivity index (χ1n) is 7.48. The summed E-state index contributed by atoms with van der Waals surface area (Å²) in [7, 11) is 0. The number of esters is 1. The van der Waals surface area contributed by atoms with Gasteiger partial charge in [0.2, 0.25) is 0 Å². The van der Waals surface area contributed by atoms with Gasteiger partial charge >= 0.3 is 5.97 Å². The van der Waals surface area contributed by atoms with Crippen molar-refractivity contribution in [2.45, 2.75) is 38.5 Å². The molecule has 120 valence electrons. The third kappa shape index (κ3) is 2.67. The fourth-order valence-corrected chi connectivity index (χ4v) is 3.71. The lowest BCUT2D eigenvalue weighted by atomic mass is 9.79. The number of nitrogens with two attached hydrogens (primary N) is 1. The predicted molar refractivity (Wildman–Crippen MR) is 82.5 cm³/mol. The van der Waals surface area contributed by atoms with Gasteiger partial charge in [-0.15, -0.1) is 0 Å². The number of ketones is 1. The molecule has 7 heteroatoms. The summed E-state index contributed by atoms with van der Waals surface area (Å²) in [5.74, 6) is -0.660. The maximum absolute atomic E-state index is 12.8. The summed E-state index contributed by atoms with van der Waals surface area (Å²) in [6.45, 7) is 2.04. The minimum Gasteiger partial charge on any atom is -0.474 e. The van der Waals surface area contributed by atoms with E-state index >= 15 is 0 Å². The fraction of sp³-hybridized carbons (Fsp3) is 0.600. The third-order valence-corrected chi connectivity index (χ3v) is 5.00. The molecule has 3 rings (SSSR count). The van der Waals surface area contributed by atoms with Crippen LogP contribution < -0.4 is 11.1 Å². The van der Waals surface area contributed by atoms with Crippen molar-refractivity contribution in [3.05, 3.63) is 22.0 Å². The normalized spacial score (nSPS) is 34.0. The van der Waals surface area contributed by atoms with Gasteiger partial charge in [0.05, 0.1) is 30.2 Å². The number of nitrogens with one attached hydrogen (secondary N) is 1. The van der Waals surface area contributed by atoms with Gasteiger partial charge in [0, 0.05) is 6.42 Å². The Bertz CT molecular complexity index is 572. The highest BCUT2D eigenvalue weighted by Crippen LogP contribution is 2.40. The van der Waals surface area contributed by atoms with Crippen molar-refractivity contribution in [3.63, 3.8) is 0 Å². The maximum atomic E-state index is 12.8. The summed E-state index contributed by atoms with van der Waals surface area (Å²) < 4.78 is 12.0. The molecular weight excluding hydrogens is 352 g/mol. The minimum atomic E-state index is -0.604. The molecule has 2 heterocycles. The lowest BCUT2D eigenvalue weighted by molar-refractivity contribution is -0.150. The van der Waals surface area contributed by atoms with Crippen LogP contribution in [-0.2, 0) is 19.1 Å². The van der Waals surface area contributed by atoms with E-state index in [1.54, 1.807) is 6.92 Å². The van der Waals surface area contributed by atoms with Gasteiger partial charge in [-0.25, -0.2) is 0 Å². The van der Waals surface area contributed by atoms with E-state index in [2.05, 4.69) is 21.2 Å². The quantitative estimate of drug-likeness (QED) is 0.712. The van der Waals surface area contributed by atoms with E-state index in [9.17, 15) is 9.59 Å². The molecule has 4 atom stereocenters. The third-order valence-electron chi connectivity index (χ3n) is 4.36. The van der Waals surface area contributed by atoms with Crippen LogP contribution in [0.4, 0.5) is 0 Å². The molecule has 0 saturated carbocycles. The van der Waals surface area contributed by atoms with Crippen LogP contribution in [0.15, 0.2) is 22.0 Å². The number of halogens is 1. The van der Waals surface area contributed by atoms with Crippen LogP contribution in [0.5, 0.6) is 0 Å². The lowest BCUT2D eigenvalue weighted by Gasteiger charge is -2.40. The van der Waals surface area contributed by atoms with Crippen LogP contribution in [0, 0.1) is 11.8 Å². The molecule has 1 aliphatic carbocycles. The van der Waals surface area contributed by atoms with E-state index in [0.29, 0.717) is 30.9 Å². The maximum Gasteiger partial charge on any atom is 0.312 e. The zero-order valence-electron chi connectivity index (χ0n) is 12.3. The summed E-state index contributed by atoms with van der Waals surface area (Å²) in [5, 5.41) is 2.96. The molecule has 6 nitrogen and oxygen atoms in total. The number of allylic oxidation sites excluding steroid dienone is 2. The Kier molecular flexibility index (Phi) is 4.27. The van der Waals surface area contributed by atoms with Crippen molar-refractivity contribution in [1.82, 2.24) is 5.32 Å². The Labute approximate surface area is 137 Å². The van der Waals surface area contributed by atoms with Gasteiger partial charge < -0.3 is 20.5 Å². The fourth-order valence-electron chi connectivity index (χ4n) is 3.18. The van der Waals surface area contributed by atoms with Crippen LogP contribution in [0.3, 0.4) is 0 Å². The van der Waals surface area contributed by atoms with Crippen molar-refractivity contribution in [3.8, 4) is 0 Å². The predicted octanol–water partition coefficient (Wildman–Crippen LogP) is 1.31. The molecule has 22 heavy (non-hydrogen) atoms. The number of carbonyl (C=O) groups excluding carboxylic acids is 2. The largest absolute Gasteiger partial charge is 0.474 e. The highest BCUT2D eigenvalue weighted by atomic mass is 79.9. The van der Waals surface area contributed by atoms with Crippen molar-refractivity contribution < 1.29 is 19.1 Å². The van der Waals surface area contributed by atoms with Gasteiger partial charge in [-0.3, -0.25) is 9.59 Å². The molecule has 0 fully saturated rings. The summed E-state index contributed by atoms with van der Waals surface area (Å²) in [6.07, 6.45) is 2.86. The highest BCUT2D eigenvalue weighted by Gasteiger charge is 2.45. The van der Waals surface area contributed by atoms with Crippen LogP contribution in [0.1, 0.15) is 26.2 Å². The van der Waals surface area contributed by atoms with Crippen LogP contribution in [-0.4, -0.2) is 30.6 Å². The van der Waals surface area contributed by atoms with Crippen molar-refractivity contribution in [1.29, 1.82) is 0 Å². The number of Topliss-reactive ketones (excluding diaryl/α,β-unsaturated/α-hetero) is 1. The Balaban J connectivity index is 1.83. The first kappa shape index (κ1) is 15.6. The average Bonchev–Trinajstić information content (AvgIpc) is 2.48. The van der Waals surface area contributed by atoms with Gasteiger partial charge in [0.25, 0.3) is 0 Å². The molecule has 0 saturated heterocycles. The molecule has 0 amide bonds. The summed E-state index contributed by atoms with van der Waals surface area (Å²) in [6, 6.07) is 0. The molecule has 2 aliphatic heterocycles. The standard InChI is InChI=1S/C15H19BrN2O4/c1-2-21-15(20)10-6-9-12(19)8-5-7(16)3-4-11(8)22-14(9)18-13(10)17/h3,8,10-11,13,18H,2,4-6,17H2,1H3/t8-,10-,11+,13+/m0/s1. The number of hydrogen-bond donors (Lipinski definition) is 2. The van der Waals surface area contributed by atoms with Gasteiger partial charge in [-0.2, -0.15) is 0 Å². The number of ether oxygens (including phenoxy) is 2. The van der Waals surface area contributed by atoms with E-state index < -0.39 is 12.1 Å². The molecule has 0 aromatic heterocycles. The number of hydrogen-bond acceptors (Lipinski definition) is 6. The average molecular weight is 371 g/mol. The first-order valence-corrected chi connectivity index (χ1v) is 8.27. The van der Waals surface area contributed by atoms with Gasteiger partial charge in [0.1, 0.15) is 6.10 Å². The van der Waals surface area contributed by atoms with Gasteiger partial charge in [-0.1, -0.05) is 22.0 Å². The Morgan fingerprint density at radius 3 is 3.05 bits per heavy atom. The van der Waals surface area contributed by atoms with E-state index in [-0.39, 0.29) is 30.2 Å². The van der Waals surface area contributed by atoms with Crippen LogP contribution >= 0.6 is 15.9 Å². The van der Waals surface area contributed by atoms with Crippen molar-refractivity contribution >= 4 is 27.7 Å². The van der Waals surface area contributed by atoms with Crippen molar-refractivity contribution in [2.75, 3.05) is 6.61 Å². The number of rotatable bonds is 2. The first-order chi connectivity index (χ1) is 10.5. The van der Waals surface area contributed by atoms with Crippen LogP contribution in [0.2, 0.25) is 0 Å². The smallest absolute Gasteiger partial charge is 0.312 e. The number of carbonyl (C=O) groups is 2. The topological polar surface area (TPSA) is 90.7 Å². The summed E-state index contributed by atoms with van der Waals surface area (Å²) in [4.78, 5) is 24.7. The Hall–Kier alpha value is -1.34. The molecule has 3 N–H and O–H groups in total. The van der Waals surface area contributed by atoms with E-state index in [1.807, 2.05) is 6.08 Å². The zero-order chi connectivity index (χ0) is 15.9. The molecule has 0 bridgehead atoms. The molecule has 0 aromatic rings. The molecule has 0 aromatic carbocycles. The molecule has 3 aliphatic rings. The molecule has 0 radical (unpaired) electrons. The van der Waals surface area contributed by atoms with Gasteiger partial charge in [-0.05, 0) is 24.2 Å². The lowest BCUT2D eigenvalue weighted by Crippen LogP contribution is -2.54. The Morgan fingerprint density at radius 1 is 1.55 bits per heavy atom. The minimum absolute atomic E-state index is 0.0463. The second-order valence-electron chi connectivity index (χ2n) is 5.76. The second kappa shape index (κ2) is 6.04. The monoisotopic (exact) mass is 370 g/mol. The van der Waals surface area contributed by atoms with E-state index in [4.69, 9.17) is 15.2 Å². The highest BCUT2D eigenvalue weighted by molar-refractivity contribution is 9.11. The molecular formula is C15H19BrN2O4. The van der Waals surface area contributed by atoms with E-state index in [1.165, 1.54) is 0 Å². The van der Waals surface area contributed by atoms with Gasteiger partial charge in [0.15, 0.2) is 11.7 Å². The Morgan fingerprint density at radius 2 is 2.32 bits per heavy atom. The summed E-state index contributed by atoms with van der Waals surface area (Å²) >= 11 is 3.46. The number of fused-ring (bicyclic) bond motifs is 1. The second-order valence-corrected chi connectivity index (χ2v) is 6.78. The SMILES string of the molecule is CCOC(=O)[C@H]1CC2=C(N[C@H]1N)O[C@@H]1CC=C(Br)C[C@@H]1C2=O. The zero-order valence-corrected chi connectivity index (χ0v) is 13.9. The summed E-state index contributed by atoms with van der Waals surface area (Å²) in [5.41, 5.74) is 6.53. The molecule has 0 spiro atoms.